The van der Waals surface area contributed by atoms with Crippen molar-refractivity contribution in [2.75, 3.05) is 7.11 Å². The van der Waals surface area contributed by atoms with Gasteiger partial charge >= 0.3 is 0 Å². The molecule has 0 aliphatic heterocycles. The van der Waals surface area contributed by atoms with Gasteiger partial charge in [-0.3, -0.25) is 4.98 Å². The molecule has 0 atom stereocenters. The largest absolute Gasteiger partial charge is 0.497 e. The Morgan fingerprint density at radius 3 is 2.52 bits per heavy atom. The molecule has 3 nitrogen and oxygen atoms in total. The molecule has 23 heavy (non-hydrogen) atoms. The first-order valence-corrected chi connectivity index (χ1v) is 8.09. The van der Waals surface area contributed by atoms with Crippen LogP contribution >= 0.6 is 15.9 Å². The van der Waals surface area contributed by atoms with Gasteiger partial charge in [0, 0.05) is 27.2 Å². The quantitative estimate of drug-likeness (QED) is 0.453. The van der Waals surface area contributed by atoms with Crippen LogP contribution in [0.5, 0.6) is 5.75 Å². The molecule has 0 N–H and O–H groups in total. The fourth-order valence-corrected chi connectivity index (χ4v) is 3.10. The van der Waals surface area contributed by atoms with E-state index < -0.39 is 0 Å². The van der Waals surface area contributed by atoms with Crippen LogP contribution in [0.15, 0.2) is 57.4 Å². The normalized spacial score (nSPS) is 11.3. The molecule has 0 aliphatic carbocycles. The Kier molecular flexibility index (Phi) is 3.34. The third kappa shape index (κ3) is 2.39. The standard InChI is InChI=1S/C19H14BrNO2/c1-11-9-17-18(15-10-14(22-2)7-8-16(15)23-17)19(21-11)12-3-5-13(20)6-4-12/h3-10H,1-2H3. The summed E-state index contributed by atoms with van der Waals surface area (Å²) in [4.78, 5) is 4.76. The minimum atomic E-state index is 0.808. The molecular formula is C19H14BrNO2. The maximum Gasteiger partial charge on any atom is 0.139 e. The number of benzene rings is 2. The highest BCUT2D eigenvalue weighted by Crippen LogP contribution is 2.37. The van der Waals surface area contributed by atoms with Crippen molar-refractivity contribution in [2.45, 2.75) is 6.92 Å². The summed E-state index contributed by atoms with van der Waals surface area (Å²) in [6, 6.07) is 16.0. The number of methoxy groups -OCH3 is 1. The number of aromatic nitrogens is 1. The molecule has 0 amide bonds. The first kappa shape index (κ1) is 14.3. The second-order valence-electron chi connectivity index (χ2n) is 5.46. The summed E-state index contributed by atoms with van der Waals surface area (Å²) in [5.74, 6) is 0.808. The molecule has 2 heterocycles. The number of halogens is 1. The van der Waals surface area contributed by atoms with Gasteiger partial charge in [0.15, 0.2) is 0 Å². The molecule has 0 spiro atoms. The fraction of sp³-hybridized carbons (Fsp3) is 0.105. The number of aryl methyl sites for hydroxylation is 1. The molecule has 4 aromatic rings. The predicted octanol–water partition coefficient (Wildman–Crippen LogP) is 5.73. The average Bonchev–Trinajstić information content (AvgIpc) is 2.91. The Labute approximate surface area is 142 Å². The van der Waals surface area contributed by atoms with Crippen molar-refractivity contribution in [3.8, 4) is 17.0 Å². The zero-order chi connectivity index (χ0) is 16.0. The lowest BCUT2D eigenvalue weighted by Gasteiger charge is -2.05. The minimum absolute atomic E-state index is 0.808. The van der Waals surface area contributed by atoms with Gasteiger partial charge in [-0.15, -0.1) is 0 Å². The number of nitrogens with zero attached hydrogens (tertiary/aromatic N) is 1. The van der Waals surface area contributed by atoms with Gasteiger partial charge in [-0.05, 0) is 37.3 Å². The lowest BCUT2D eigenvalue weighted by Crippen LogP contribution is -1.88. The van der Waals surface area contributed by atoms with E-state index in [1.165, 1.54) is 0 Å². The summed E-state index contributed by atoms with van der Waals surface area (Å²) in [6.45, 7) is 1.98. The Morgan fingerprint density at radius 2 is 1.78 bits per heavy atom. The van der Waals surface area contributed by atoms with E-state index in [9.17, 15) is 0 Å². The number of fused-ring (bicyclic) bond motifs is 3. The van der Waals surface area contributed by atoms with E-state index >= 15 is 0 Å². The van der Waals surface area contributed by atoms with Gasteiger partial charge in [-0.2, -0.15) is 0 Å². The van der Waals surface area contributed by atoms with Crippen molar-refractivity contribution in [3.63, 3.8) is 0 Å². The highest BCUT2D eigenvalue weighted by atomic mass is 79.9. The van der Waals surface area contributed by atoms with E-state index in [4.69, 9.17) is 14.1 Å². The summed E-state index contributed by atoms with van der Waals surface area (Å²) in [5.41, 5.74) is 4.61. The predicted molar refractivity (Wildman–Crippen MR) is 95.9 cm³/mol. The molecule has 0 aliphatic rings. The van der Waals surface area contributed by atoms with Crippen LogP contribution in [0.3, 0.4) is 0 Å². The van der Waals surface area contributed by atoms with Crippen LogP contribution in [-0.2, 0) is 0 Å². The Morgan fingerprint density at radius 1 is 1.00 bits per heavy atom. The summed E-state index contributed by atoms with van der Waals surface area (Å²) in [7, 11) is 1.67. The van der Waals surface area contributed by atoms with Crippen LogP contribution in [-0.4, -0.2) is 12.1 Å². The van der Waals surface area contributed by atoms with Crippen molar-refractivity contribution in [1.29, 1.82) is 0 Å². The highest BCUT2D eigenvalue weighted by Gasteiger charge is 2.15. The van der Waals surface area contributed by atoms with Crippen LogP contribution in [0.2, 0.25) is 0 Å². The molecule has 4 rings (SSSR count). The molecule has 4 heteroatoms. The highest BCUT2D eigenvalue weighted by molar-refractivity contribution is 9.10. The van der Waals surface area contributed by atoms with Crippen molar-refractivity contribution in [3.05, 3.63) is 58.7 Å². The topological polar surface area (TPSA) is 35.3 Å². The van der Waals surface area contributed by atoms with Gasteiger partial charge in [-0.1, -0.05) is 28.1 Å². The summed E-state index contributed by atoms with van der Waals surface area (Å²) in [5, 5.41) is 2.04. The molecule has 0 bridgehead atoms. The summed E-state index contributed by atoms with van der Waals surface area (Å²) < 4.78 is 12.4. The fourth-order valence-electron chi connectivity index (χ4n) is 2.84. The zero-order valence-corrected chi connectivity index (χ0v) is 14.3. The van der Waals surface area contributed by atoms with E-state index in [-0.39, 0.29) is 0 Å². The third-order valence-corrected chi connectivity index (χ3v) is 4.43. The zero-order valence-electron chi connectivity index (χ0n) is 12.8. The van der Waals surface area contributed by atoms with Gasteiger partial charge in [0.1, 0.15) is 16.9 Å². The summed E-state index contributed by atoms with van der Waals surface area (Å²) in [6.07, 6.45) is 0. The van der Waals surface area contributed by atoms with E-state index in [2.05, 4.69) is 28.1 Å². The first-order valence-electron chi connectivity index (χ1n) is 7.29. The number of rotatable bonds is 2. The van der Waals surface area contributed by atoms with Gasteiger partial charge in [0.2, 0.25) is 0 Å². The lowest BCUT2D eigenvalue weighted by molar-refractivity contribution is 0.415. The lowest BCUT2D eigenvalue weighted by atomic mass is 10.0. The van der Waals surface area contributed by atoms with Crippen LogP contribution in [0.25, 0.3) is 33.2 Å². The van der Waals surface area contributed by atoms with Crippen molar-refractivity contribution < 1.29 is 9.15 Å². The van der Waals surface area contributed by atoms with Crippen molar-refractivity contribution in [1.82, 2.24) is 4.98 Å². The maximum absolute atomic E-state index is 6.01. The third-order valence-electron chi connectivity index (χ3n) is 3.90. The number of pyridine rings is 1. The molecule has 2 aromatic carbocycles. The average molecular weight is 368 g/mol. The van der Waals surface area contributed by atoms with Gasteiger partial charge in [-0.25, -0.2) is 0 Å². The minimum Gasteiger partial charge on any atom is -0.497 e. The number of hydrogen-bond donors (Lipinski definition) is 0. The van der Waals surface area contributed by atoms with Crippen LogP contribution in [0.1, 0.15) is 5.69 Å². The molecule has 114 valence electrons. The van der Waals surface area contributed by atoms with Crippen LogP contribution < -0.4 is 4.74 Å². The number of ether oxygens (including phenoxy) is 1. The summed E-state index contributed by atoms with van der Waals surface area (Å²) >= 11 is 3.48. The van der Waals surface area contributed by atoms with Crippen LogP contribution in [0.4, 0.5) is 0 Å². The Hall–Kier alpha value is -2.33. The van der Waals surface area contributed by atoms with Crippen molar-refractivity contribution >= 4 is 37.9 Å². The maximum atomic E-state index is 6.01. The number of hydrogen-bond acceptors (Lipinski definition) is 3. The SMILES string of the molecule is COc1ccc2oc3cc(C)nc(-c4ccc(Br)cc4)c3c2c1. The van der Waals surface area contributed by atoms with E-state index in [0.29, 0.717) is 0 Å². The molecule has 0 saturated carbocycles. The van der Waals surface area contributed by atoms with E-state index in [1.807, 2.05) is 43.3 Å². The molecule has 0 saturated heterocycles. The Balaban J connectivity index is 2.11. The number of furan rings is 1. The van der Waals surface area contributed by atoms with Crippen molar-refractivity contribution in [2.24, 2.45) is 0 Å². The smallest absolute Gasteiger partial charge is 0.139 e. The second kappa shape index (κ2) is 5.39. The Bertz CT molecular complexity index is 1020. The monoisotopic (exact) mass is 367 g/mol. The molecule has 0 unspecified atom stereocenters. The second-order valence-corrected chi connectivity index (χ2v) is 6.37. The first-order chi connectivity index (χ1) is 11.2. The van der Waals surface area contributed by atoms with Crippen LogP contribution in [0, 0.1) is 6.92 Å². The van der Waals surface area contributed by atoms with E-state index in [0.717, 1.165) is 49.1 Å². The molecule has 0 fully saturated rings. The van der Waals surface area contributed by atoms with E-state index in [1.54, 1.807) is 7.11 Å². The molecule has 0 radical (unpaired) electrons. The van der Waals surface area contributed by atoms with Gasteiger partial charge in [0.05, 0.1) is 18.2 Å². The molecule has 2 aromatic heterocycles. The molecular weight excluding hydrogens is 354 g/mol. The van der Waals surface area contributed by atoms with Gasteiger partial charge in [0.25, 0.3) is 0 Å². The van der Waals surface area contributed by atoms with Gasteiger partial charge < -0.3 is 9.15 Å².